The third-order valence-electron chi connectivity index (χ3n) is 2.27. The molecule has 0 aliphatic carbocycles. The van der Waals surface area contributed by atoms with Crippen molar-refractivity contribution in [3.63, 3.8) is 0 Å². The lowest BCUT2D eigenvalue weighted by atomic mass is 9.98. The van der Waals surface area contributed by atoms with Crippen molar-refractivity contribution in [2.75, 3.05) is 0 Å². The molecule has 1 rings (SSSR count). The molecule has 0 saturated carbocycles. The predicted octanol–water partition coefficient (Wildman–Crippen LogP) is 1.46. The highest BCUT2D eigenvalue weighted by Crippen LogP contribution is 2.17. The van der Waals surface area contributed by atoms with Gasteiger partial charge in [0.1, 0.15) is 0 Å². The first kappa shape index (κ1) is 9.74. The number of rotatable bonds is 2. The molecule has 0 bridgehead atoms. The number of carboxylic acids is 1. The van der Waals surface area contributed by atoms with Gasteiger partial charge in [0.05, 0.1) is 5.56 Å². The molecule has 1 aromatic carbocycles. The molecule has 3 heteroatoms. The number of carbonyl (C=O) groups is 1. The topological polar surface area (TPSA) is 63.3 Å². The predicted molar refractivity (Wildman–Crippen MR) is 50.8 cm³/mol. The van der Waals surface area contributed by atoms with Crippen LogP contribution in [0, 0.1) is 13.8 Å². The summed E-state index contributed by atoms with van der Waals surface area (Å²) >= 11 is 0. The van der Waals surface area contributed by atoms with E-state index in [-0.39, 0.29) is 0 Å². The van der Waals surface area contributed by atoms with Crippen molar-refractivity contribution in [3.8, 4) is 0 Å². The maximum Gasteiger partial charge on any atom is 0.335 e. The fourth-order valence-electron chi connectivity index (χ4n) is 1.44. The second kappa shape index (κ2) is 3.58. The molecule has 0 aromatic heterocycles. The molecule has 3 nitrogen and oxygen atoms in total. The minimum Gasteiger partial charge on any atom is -0.478 e. The Morgan fingerprint density at radius 3 is 2.54 bits per heavy atom. The van der Waals surface area contributed by atoms with Gasteiger partial charge in [0.2, 0.25) is 0 Å². The zero-order chi connectivity index (χ0) is 10.0. The Hall–Kier alpha value is -1.35. The number of carboxylic acid groups (broad SMARTS) is 1. The minimum atomic E-state index is -0.896. The SMILES string of the molecule is Cc1ccc(C(=O)O)c(C)c1CN. The quantitative estimate of drug-likeness (QED) is 0.722. The summed E-state index contributed by atoms with van der Waals surface area (Å²) in [5.41, 5.74) is 8.62. The number of hydrogen-bond acceptors (Lipinski definition) is 2. The van der Waals surface area contributed by atoms with Gasteiger partial charge in [0, 0.05) is 6.54 Å². The van der Waals surface area contributed by atoms with Gasteiger partial charge in [-0.15, -0.1) is 0 Å². The standard InChI is InChI=1S/C10H13NO2/c1-6-3-4-8(10(12)13)7(2)9(6)5-11/h3-4H,5,11H2,1-2H3,(H,12,13). The Morgan fingerprint density at radius 1 is 1.46 bits per heavy atom. The summed E-state index contributed by atoms with van der Waals surface area (Å²) in [5.74, 6) is -0.896. The Kier molecular flexibility index (Phi) is 2.68. The molecule has 13 heavy (non-hydrogen) atoms. The lowest BCUT2D eigenvalue weighted by Crippen LogP contribution is -2.07. The van der Waals surface area contributed by atoms with Crippen molar-refractivity contribution in [2.24, 2.45) is 5.73 Å². The first-order chi connectivity index (χ1) is 6.07. The van der Waals surface area contributed by atoms with Crippen LogP contribution in [0.15, 0.2) is 12.1 Å². The maximum absolute atomic E-state index is 10.8. The van der Waals surface area contributed by atoms with E-state index in [0.717, 1.165) is 16.7 Å². The van der Waals surface area contributed by atoms with Crippen LogP contribution in [0.2, 0.25) is 0 Å². The van der Waals surface area contributed by atoms with E-state index in [4.69, 9.17) is 10.8 Å². The number of benzene rings is 1. The largest absolute Gasteiger partial charge is 0.478 e. The van der Waals surface area contributed by atoms with E-state index in [0.29, 0.717) is 12.1 Å². The summed E-state index contributed by atoms with van der Waals surface area (Å²) < 4.78 is 0. The van der Waals surface area contributed by atoms with Gasteiger partial charge in [-0.2, -0.15) is 0 Å². The third kappa shape index (κ3) is 1.70. The van der Waals surface area contributed by atoms with Crippen molar-refractivity contribution in [3.05, 3.63) is 34.4 Å². The lowest BCUT2D eigenvalue weighted by Gasteiger charge is -2.09. The molecular formula is C10H13NO2. The second-order valence-corrected chi connectivity index (χ2v) is 3.04. The van der Waals surface area contributed by atoms with Gasteiger partial charge in [0.15, 0.2) is 0 Å². The summed E-state index contributed by atoms with van der Waals surface area (Å²) in [5, 5.41) is 8.84. The fourth-order valence-corrected chi connectivity index (χ4v) is 1.44. The number of hydrogen-bond donors (Lipinski definition) is 2. The van der Waals surface area contributed by atoms with Crippen LogP contribution in [-0.4, -0.2) is 11.1 Å². The molecule has 1 aromatic rings. The highest BCUT2D eigenvalue weighted by Gasteiger charge is 2.10. The lowest BCUT2D eigenvalue weighted by molar-refractivity contribution is 0.0696. The van der Waals surface area contributed by atoms with E-state index in [1.54, 1.807) is 19.1 Å². The Morgan fingerprint density at radius 2 is 2.08 bits per heavy atom. The van der Waals surface area contributed by atoms with Gasteiger partial charge < -0.3 is 10.8 Å². The summed E-state index contributed by atoms with van der Waals surface area (Å²) in [7, 11) is 0. The molecule has 0 unspecified atom stereocenters. The number of aryl methyl sites for hydroxylation is 1. The molecule has 0 radical (unpaired) electrons. The first-order valence-electron chi connectivity index (χ1n) is 4.10. The molecule has 70 valence electrons. The van der Waals surface area contributed by atoms with Crippen molar-refractivity contribution < 1.29 is 9.90 Å². The smallest absolute Gasteiger partial charge is 0.335 e. The number of aromatic carboxylic acids is 1. The molecule has 0 saturated heterocycles. The van der Waals surface area contributed by atoms with E-state index in [2.05, 4.69) is 0 Å². The Labute approximate surface area is 77.2 Å². The van der Waals surface area contributed by atoms with Crippen LogP contribution in [0.1, 0.15) is 27.0 Å². The Bertz CT molecular complexity index is 345. The van der Waals surface area contributed by atoms with Crippen LogP contribution >= 0.6 is 0 Å². The fraction of sp³-hybridized carbons (Fsp3) is 0.300. The molecule has 0 aliphatic heterocycles. The van der Waals surface area contributed by atoms with Gasteiger partial charge >= 0.3 is 5.97 Å². The van der Waals surface area contributed by atoms with Crippen LogP contribution in [-0.2, 0) is 6.54 Å². The van der Waals surface area contributed by atoms with Crippen molar-refractivity contribution in [2.45, 2.75) is 20.4 Å². The van der Waals surface area contributed by atoms with Gasteiger partial charge in [-0.3, -0.25) is 0 Å². The molecular weight excluding hydrogens is 166 g/mol. The van der Waals surface area contributed by atoms with Crippen molar-refractivity contribution in [1.82, 2.24) is 0 Å². The minimum absolute atomic E-state index is 0.339. The van der Waals surface area contributed by atoms with Gasteiger partial charge in [0.25, 0.3) is 0 Å². The summed E-state index contributed by atoms with van der Waals surface area (Å²) in [4.78, 5) is 10.8. The zero-order valence-electron chi connectivity index (χ0n) is 7.79. The molecule has 0 atom stereocenters. The maximum atomic E-state index is 10.8. The van der Waals surface area contributed by atoms with Crippen LogP contribution in [0.5, 0.6) is 0 Å². The highest BCUT2D eigenvalue weighted by atomic mass is 16.4. The normalized spacial score (nSPS) is 10.1. The van der Waals surface area contributed by atoms with Crippen molar-refractivity contribution in [1.29, 1.82) is 0 Å². The van der Waals surface area contributed by atoms with Gasteiger partial charge in [-0.05, 0) is 36.6 Å². The Balaban J connectivity index is 3.35. The van der Waals surface area contributed by atoms with Crippen LogP contribution < -0.4 is 5.73 Å². The molecule has 3 N–H and O–H groups in total. The summed E-state index contributed by atoms with van der Waals surface area (Å²) in [6, 6.07) is 3.41. The summed E-state index contributed by atoms with van der Waals surface area (Å²) in [6.07, 6.45) is 0. The average Bonchev–Trinajstić information content (AvgIpc) is 2.04. The number of nitrogens with two attached hydrogens (primary N) is 1. The first-order valence-corrected chi connectivity index (χ1v) is 4.10. The average molecular weight is 179 g/mol. The van der Waals surface area contributed by atoms with Crippen LogP contribution in [0.3, 0.4) is 0 Å². The molecule has 0 spiro atoms. The second-order valence-electron chi connectivity index (χ2n) is 3.04. The zero-order valence-corrected chi connectivity index (χ0v) is 7.79. The van der Waals surface area contributed by atoms with E-state index in [1.165, 1.54) is 0 Å². The van der Waals surface area contributed by atoms with E-state index in [1.807, 2.05) is 6.92 Å². The molecule has 0 amide bonds. The van der Waals surface area contributed by atoms with E-state index in [9.17, 15) is 4.79 Å². The summed E-state index contributed by atoms with van der Waals surface area (Å²) in [6.45, 7) is 4.11. The van der Waals surface area contributed by atoms with Gasteiger partial charge in [-0.1, -0.05) is 6.07 Å². The van der Waals surface area contributed by atoms with E-state index < -0.39 is 5.97 Å². The molecule has 0 aliphatic rings. The monoisotopic (exact) mass is 179 g/mol. The molecule has 0 heterocycles. The van der Waals surface area contributed by atoms with Crippen LogP contribution in [0.4, 0.5) is 0 Å². The third-order valence-corrected chi connectivity index (χ3v) is 2.27. The molecule has 0 fully saturated rings. The van der Waals surface area contributed by atoms with Gasteiger partial charge in [-0.25, -0.2) is 4.79 Å². The van der Waals surface area contributed by atoms with Crippen molar-refractivity contribution >= 4 is 5.97 Å². The van der Waals surface area contributed by atoms with Crippen LogP contribution in [0.25, 0.3) is 0 Å². The van der Waals surface area contributed by atoms with E-state index >= 15 is 0 Å². The highest BCUT2D eigenvalue weighted by molar-refractivity contribution is 5.89.